The van der Waals surface area contributed by atoms with Crippen LogP contribution < -0.4 is 16.2 Å². The minimum atomic E-state index is -0.231. The largest absolute Gasteiger partial charge is 0.339 e. The third-order valence-corrected chi connectivity index (χ3v) is 6.39. The Labute approximate surface area is 191 Å². The van der Waals surface area contributed by atoms with Crippen LogP contribution >= 0.6 is 15.9 Å². The summed E-state index contributed by atoms with van der Waals surface area (Å²) >= 11 is 3.45. The van der Waals surface area contributed by atoms with Gasteiger partial charge in [0.2, 0.25) is 11.8 Å². The predicted molar refractivity (Wildman–Crippen MR) is 124 cm³/mol. The molecule has 0 aliphatic carbocycles. The van der Waals surface area contributed by atoms with E-state index < -0.39 is 0 Å². The Morgan fingerprint density at radius 1 is 1.00 bits per heavy atom. The Bertz CT molecular complexity index is 911. The molecule has 8 heteroatoms. The lowest BCUT2D eigenvalue weighted by molar-refractivity contribution is -0.135. The summed E-state index contributed by atoms with van der Waals surface area (Å²) in [5, 5.41) is 2.94. The van der Waals surface area contributed by atoms with Crippen LogP contribution in [0.2, 0.25) is 0 Å². The lowest BCUT2D eigenvalue weighted by atomic mass is 10.0. The van der Waals surface area contributed by atoms with Gasteiger partial charge in [0, 0.05) is 42.4 Å². The average molecular weight is 486 g/mol. The number of hydrogen-bond acceptors (Lipinski definition) is 5. The SMILES string of the molecule is Cc1ccc(NC(=O)CN2CCN(C(=O)C3CC(c4ccc(Br)cc4)NN3)CC2)cc1. The fourth-order valence-corrected chi connectivity index (χ4v) is 4.28. The fraction of sp³-hybridized carbons (Fsp3) is 0.391. The first kappa shape index (κ1) is 22.0. The van der Waals surface area contributed by atoms with Gasteiger partial charge in [0.25, 0.3) is 0 Å². The van der Waals surface area contributed by atoms with E-state index in [9.17, 15) is 9.59 Å². The molecule has 0 spiro atoms. The molecule has 2 unspecified atom stereocenters. The van der Waals surface area contributed by atoms with Crippen LogP contribution in [0, 0.1) is 6.92 Å². The van der Waals surface area contributed by atoms with E-state index in [1.807, 2.05) is 48.2 Å². The molecule has 2 aliphatic heterocycles. The van der Waals surface area contributed by atoms with Gasteiger partial charge in [-0.2, -0.15) is 0 Å². The number of hydrogen-bond donors (Lipinski definition) is 3. The highest BCUT2D eigenvalue weighted by molar-refractivity contribution is 9.10. The fourth-order valence-electron chi connectivity index (χ4n) is 4.02. The zero-order valence-electron chi connectivity index (χ0n) is 17.6. The quantitative estimate of drug-likeness (QED) is 0.606. The Balaban J connectivity index is 1.22. The molecule has 2 amide bonds. The minimum Gasteiger partial charge on any atom is -0.339 e. The van der Waals surface area contributed by atoms with Crippen LogP contribution in [0.1, 0.15) is 23.6 Å². The molecule has 164 valence electrons. The smallest absolute Gasteiger partial charge is 0.241 e. The summed E-state index contributed by atoms with van der Waals surface area (Å²) in [6.45, 7) is 5.03. The molecular formula is C23H28BrN5O2. The predicted octanol–water partition coefficient (Wildman–Crippen LogP) is 2.45. The summed E-state index contributed by atoms with van der Waals surface area (Å²) < 4.78 is 1.04. The second-order valence-electron chi connectivity index (χ2n) is 8.20. The highest BCUT2D eigenvalue weighted by Gasteiger charge is 2.34. The monoisotopic (exact) mass is 485 g/mol. The Kier molecular flexibility index (Phi) is 7.02. The second-order valence-corrected chi connectivity index (χ2v) is 9.11. The number of hydrazine groups is 1. The number of amides is 2. The van der Waals surface area contributed by atoms with Gasteiger partial charge in [-0.25, -0.2) is 10.9 Å². The molecule has 2 aliphatic rings. The van der Waals surface area contributed by atoms with Crippen molar-refractivity contribution in [3.8, 4) is 0 Å². The van der Waals surface area contributed by atoms with Gasteiger partial charge >= 0.3 is 0 Å². The summed E-state index contributed by atoms with van der Waals surface area (Å²) in [6, 6.07) is 15.8. The standard InChI is InChI=1S/C23H28BrN5O2/c1-16-2-8-19(9-3-16)25-22(30)15-28-10-12-29(13-11-28)23(31)21-14-20(26-27-21)17-4-6-18(24)7-5-17/h2-9,20-21,26-27H,10-15H2,1H3,(H,25,30). The molecule has 2 atom stereocenters. The third kappa shape index (κ3) is 5.71. The van der Waals surface area contributed by atoms with Gasteiger partial charge in [-0.3, -0.25) is 14.5 Å². The molecule has 2 aromatic carbocycles. The molecule has 31 heavy (non-hydrogen) atoms. The minimum absolute atomic E-state index is 0.0253. The zero-order chi connectivity index (χ0) is 21.8. The van der Waals surface area contributed by atoms with Gasteiger partial charge in [-0.15, -0.1) is 0 Å². The van der Waals surface area contributed by atoms with E-state index in [2.05, 4.69) is 49.1 Å². The van der Waals surface area contributed by atoms with Crippen LogP contribution in [-0.4, -0.2) is 60.4 Å². The van der Waals surface area contributed by atoms with Gasteiger partial charge in [-0.1, -0.05) is 45.8 Å². The number of nitrogens with one attached hydrogen (secondary N) is 3. The maximum Gasteiger partial charge on any atom is 0.241 e. The lowest BCUT2D eigenvalue weighted by Crippen LogP contribution is -2.54. The van der Waals surface area contributed by atoms with Crippen LogP contribution in [0.3, 0.4) is 0 Å². The number of carbonyl (C=O) groups is 2. The second kappa shape index (κ2) is 9.91. The summed E-state index contributed by atoms with van der Waals surface area (Å²) in [5.41, 5.74) is 9.54. The van der Waals surface area contributed by atoms with Crippen molar-refractivity contribution in [3.05, 3.63) is 64.1 Å². The van der Waals surface area contributed by atoms with Crippen molar-refractivity contribution in [2.24, 2.45) is 0 Å². The molecule has 4 rings (SSSR count). The van der Waals surface area contributed by atoms with Gasteiger partial charge in [-0.05, 0) is 43.2 Å². The molecule has 0 bridgehead atoms. The van der Waals surface area contributed by atoms with Gasteiger partial charge < -0.3 is 10.2 Å². The number of anilines is 1. The molecule has 0 radical (unpaired) electrons. The molecule has 2 saturated heterocycles. The first-order chi connectivity index (χ1) is 15.0. The number of rotatable bonds is 5. The lowest BCUT2D eigenvalue weighted by Gasteiger charge is -2.35. The van der Waals surface area contributed by atoms with Crippen molar-refractivity contribution in [1.82, 2.24) is 20.7 Å². The first-order valence-corrected chi connectivity index (χ1v) is 11.4. The zero-order valence-corrected chi connectivity index (χ0v) is 19.2. The number of benzene rings is 2. The molecular weight excluding hydrogens is 458 g/mol. The summed E-state index contributed by atoms with van der Waals surface area (Å²) in [4.78, 5) is 29.3. The van der Waals surface area contributed by atoms with Crippen LogP contribution in [0.5, 0.6) is 0 Å². The molecule has 3 N–H and O–H groups in total. The average Bonchev–Trinajstić information content (AvgIpc) is 3.26. The van der Waals surface area contributed by atoms with E-state index in [4.69, 9.17) is 0 Å². The van der Waals surface area contributed by atoms with Crippen molar-refractivity contribution in [1.29, 1.82) is 0 Å². The topological polar surface area (TPSA) is 76.7 Å². The number of nitrogens with zero attached hydrogens (tertiary/aromatic N) is 2. The van der Waals surface area contributed by atoms with E-state index in [0.717, 1.165) is 27.7 Å². The van der Waals surface area contributed by atoms with Gasteiger partial charge in [0.05, 0.1) is 6.54 Å². The Morgan fingerprint density at radius 3 is 2.35 bits per heavy atom. The maximum absolute atomic E-state index is 12.9. The van der Waals surface area contributed by atoms with E-state index in [-0.39, 0.29) is 23.9 Å². The molecule has 0 aromatic heterocycles. The summed E-state index contributed by atoms with van der Waals surface area (Å²) in [6.07, 6.45) is 0.722. The molecule has 2 aromatic rings. The van der Waals surface area contributed by atoms with E-state index in [0.29, 0.717) is 32.7 Å². The normalized spacial score (nSPS) is 21.8. The summed E-state index contributed by atoms with van der Waals surface area (Å²) in [5.74, 6) is 0.0958. The van der Waals surface area contributed by atoms with Crippen LogP contribution in [0.25, 0.3) is 0 Å². The van der Waals surface area contributed by atoms with Crippen molar-refractivity contribution in [2.75, 3.05) is 38.0 Å². The van der Waals surface area contributed by atoms with Crippen molar-refractivity contribution < 1.29 is 9.59 Å². The van der Waals surface area contributed by atoms with Gasteiger partial charge in [0.15, 0.2) is 0 Å². The number of carbonyl (C=O) groups excluding carboxylic acids is 2. The van der Waals surface area contributed by atoms with Crippen LogP contribution in [0.15, 0.2) is 53.0 Å². The number of halogens is 1. The summed E-state index contributed by atoms with van der Waals surface area (Å²) in [7, 11) is 0. The Morgan fingerprint density at radius 2 is 1.68 bits per heavy atom. The molecule has 7 nitrogen and oxygen atoms in total. The third-order valence-electron chi connectivity index (χ3n) is 5.86. The van der Waals surface area contributed by atoms with Crippen molar-refractivity contribution in [3.63, 3.8) is 0 Å². The van der Waals surface area contributed by atoms with Crippen molar-refractivity contribution in [2.45, 2.75) is 25.4 Å². The number of piperazine rings is 1. The highest BCUT2D eigenvalue weighted by atomic mass is 79.9. The molecule has 2 heterocycles. The highest BCUT2D eigenvalue weighted by Crippen LogP contribution is 2.24. The molecule has 2 fully saturated rings. The Hall–Kier alpha value is -2.26. The van der Waals surface area contributed by atoms with Crippen molar-refractivity contribution >= 4 is 33.4 Å². The van der Waals surface area contributed by atoms with E-state index >= 15 is 0 Å². The van der Waals surface area contributed by atoms with E-state index in [1.165, 1.54) is 0 Å². The van der Waals surface area contributed by atoms with Gasteiger partial charge in [0.1, 0.15) is 6.04 Å². The van der Waals surface area contributed by atoms with E-state index in [1.54, 1.807) is 0 Å². The number of aryl methyl sites for hydroxylation is 1. The molecule has 0 saturated carbocycles. The van der Waals surface area contributed by atoms with Crippen LogP contribution in [0.4, 0.5) is 5.69 Å². The van der Waals surface area contributed by atoms with Crippen LogP contribution in [-0.2, 0) is 9.59 Å². The maximum atomic E-state index is 12.9. The first-order valence-electron chi connectivity index (χ1n) is 10.6.